The lowest BCUT2D eigenvalue weighted by atomic mass is 10.2. The van der Waals surface area contributed by atoms with E-state index < -0.39 is 11.8 Å². The lowest BCUT2D eigenvalue weighted by Gasteiger charge is -2.07. The van der Waals surface area contributed by atoms with Crippen molar-refractivity contribution in [3.63, 3.8) is 0 Å². The Hall–Kier alpha value is -2.90. The van der Waals surface area contributed by atoms with Crippen LogP contribution in [0, 0.1) is 6.92 Å². The predicted octanol–water partition coefficient (Wildman–Crippen LogP) is 3.76. The molecule has 0 saturated heterocycles. The number of halogens is 2. The number of hydrogen-bond acceptors (Lipinski definition) is 4. The summed E-state index contributed by atoms with van der Waals surface area (Å²) in [6.45, 7) is 3.37. The van der Waals surface area contributed by atoms with E-state index >= 15 is 0 Å². The number of rotatable bonds is 5. The molecule has 0 aliphatic heterocycles. The highest BCUT2D eigenvalue weighted by Gasteiger charge is 2.14. The molecule has 2 aromatic rings. The lowest BCUT2D eigenvalue weighted by Crippen LogP contribution is -2.33. The number of carbonyl (C=O) groups is 3. The molecule has 0 bridgehead atoms. The van der Waals surface area contributed by atoms with E-state index in [1.165, 1.54) is 6.07 Å². The molecule has 2 rings (SSSR count). The molecule has 0 fully saturated rings. The second kappa shape index (κ2) is 9.87. The van der Waals surface area contributed by atoms with E-state index in [2.05, 4.69) is 21.2 Å². The summed E-state index contributed by atoms with van der Waals surface area (Å²) in [7, 11) is 0. The molecular weight excluding hydrogens is 403 g/mol. The van der Waals surface area contributed by atoms with Gasteiger partial charge in [0, 0.05) is 27.1 Å². The Morgan fingerprint density at radius 1 is 0.964 bits per heavy atom. The average Bonchev–Trinajstić information content (AvgIpc) is 2.62. The molecule has 146 valence electrons. The second-order valence-corrected chi connectivity index (χ2v) is 6.79. The molecule has 2 aromatic carbocycles. The minimum Gasteiger partial charge on any atom is -0.326 e. The second-order valence-electron chi connectivity index (χ2n) is 5.94. The van der Waals surface area contributed by atoms with Gasteiger partial charge in [-0.15, -0.1) is 0 Å². The maximum Gasteiger partial charge on any atom is 0.329 e. The molecule has 0 aromatic heterocycles. The summed E-state index contributed by atoms with van der Waals surface area (Å²) in [5.41, 5.74) is 4.21. The van der Waals surface area contributed by atoms with E-state index in [4.69, 9.17) is 23.2 Å². The number of carbonyl (C=O) groups excluding carboxylic acids is 3. The number of amides is 3. The van der Waals surface area contributed by atoms with Crippen LogP contribution in [0.2, 0.25) is 10.0 Å². The Kier molecular flexibility index (Phi) is 7.54. The van der Waals surface area contributed by atoms with E-state index in [-0.39, 0.29) is 12.3 Å². The van der Waals surface area contributed by atoms with Crippen LogP contribution in [0.25, 0.3) is 0 Å². The molecule has 0 spiro atoms. The van der Waals surface area contributed by atoms with E-state index in [1.54, 1.807) is 43.3 Å². The van der Waals surface area contributed by atoms with Crippen LogP contribution in [-0.2, 0) is 14.4 Å². The van der Waals surface area contributed by atoms with Crippen molar-refractivity contribution in [1.82, 2.24) is 5.43 Å². The first kappa shape index (κ1) is 21.4. The predicted molar refractivity (Wildman–Crippen MR) is 111 cm³/mol. The standard InChI is InChI=1S/C19H18Cl2N4O3/c1-11-6-7-15(10-16(11)21)23-18(27)19(28)25-24-12(2)8-17(26)22-14-5-3-4-13(20)9-14/h3-7,9-10H,8H2,1-2H3,(H,22,26)(H,23,27)(H,25,28)/b24-12+. The van der Waals surface area contributed by atoms with Crippen molar-refractivity contribution >= 4 is 58.0 Å². The summed E-state index contributed by atoms with van der Waals surface area (Å²) < 4.78 is 0. The molecule has 0 radical (unpaired) electrons. The highest BCUT2D eigenvalue weighted by atomic mass is 35.5. The number of anilines is 2. The van der Waals surface area contributed by atoms with Gasteiger partial charge in [-0.2, -0.15) is 5.10 Å². The lowest BCUT2D eigenvalue weighted by molar-refractivity contribution is -0.136. The van der Waals surface area contributed by atoms with Crippen molar-refractivity contribution < 1.29 is 14.4 Å². The minimum absolute atomic E-state index is 0.0675. The molecule has 0 saturated carbocycles. The van der Waals surface area contributed by atoms with Crippen molar-refractivity contribution in [2.45, 2.75) is 20.3 Å². The molecule has 0 heterocycles. The Labute approximate surface area is 172 Å². The Morgan fingerprint density at radius 2 is 1.68 bits per heavy atom. The van der Waals surface area contributed by atoms with Gasteiger partial charge in [0.15, 0.2) is 0 Å². The molecule has 0 atom stereocenters. The van der Waals surface area contributed by atoms with Gasteiger partial charge < -0.3 is 10.6 Å². The van der Waals surface area contributed by atoms with Crippen molar-refractivity contribution in [2.75, 3.05) is 10.6 Å². The first-order chi connectivity index (χ1) is 13.2. The quantitative estimate of drug-likeness (QED) is 0.389. The van der Waals surface area contributed by atoms with Crippen LogP contribution in [0.3, 0.4) is 0 Å². The number of aryl methyl sites for hydroxylation is 1. The van der Waals surface area contributed by atoms with Gasteiger partial charge in [-0.25, -0.2) is 5.43 Å². The number of hydrazone groups is 1. The third kappa shape index (κ3) is 6.68. The van der Waals surface area contributed by atoms with Gasteiger partial charge >= 0.3 is 11.8 Å². The third-order valence-corrected chi connectivity index (χ3v) is 4.15. The Bertz CT molecular complexity index is 945. The van der Waals surface area contributed by atoms with Gasteiger partial charge in [0.1, 0.15) is 0 Å². The number of nitrogens with one attached hydrogen (secondary N) is 3. The molecule has 0 aliphatic carbocycles. The fraction of sp³-hybridized carbons (Fsp3) is 0.158. The molecule has 28 heavy (non-hydrogen) atoms. The summed E-state index contributed by atoms with van der Waals surface area (Å²) in [5, 5.41) is 9.80. The zero-order chi connectivity index (χ0) is 20.7. The van der Waals surface area contributed by atoms with E-state index in [9.17, 15) is 14.4 Å². The first-order valence-electron chi connectivity index (χ1n) is 8.20. The normalized spacial score (nSPS) is 10.9. The number of benzene rings is 2. The van der Waals surface area contributed by atoms with Gasteiger partial charge in [-0.3, -0.25) is 14.4 Å². The third-order valence-electron chi connectivity index (χ3n) is 3.51. The Balaban J connectivity index is 1.85. The zero-order valence-electron chi connectivity index (χ0n) is 15.2. The minimum atomic E-state index is -0.966. The summed E-state index contributed by atoms with van der Waals surface area (Å²) in [5.74, 6) is -2.21. The van der Waals surface area contributed by atoms with Gasteiger partial charge in [0.25, 0.3) is 0 Å². The van der Waals surface area contributed by atoms with Crippen molar-refractivity contribution in [1.29, 1.82) is 0 Å². The maximum absolute atomic E-state index is 12.0. The van der Waals surface area contributed by atoms with Crippen molar-refractivity contribution in [3.05, 3.63) is 58.1 Å². The summed E-state index contributed by atoms with van der Waals surface area (Å²) in [6, 6.07) is 11.6. The zero-order valence-corrected chi connectivity index (χ0v) is 16.7. The SMILES string of the molecule is C/C(CC(=O)Nc1cccc(Cl)c1)=N\NC(=O)C(=O)Nc1ccc(C)c(Cl)c1. The largest absolute Gasteiger partial charge is 0.329 e. The molecule has 0 unspecified atom stereocenters. The molecule has 0 aliphatic rings. The Morgan fingerprint density at radius 3 is 2.36 bits per heavy atom. The van der Waals surface area contributed by atoms with Gasteiger partial charge in [-0.05, 0) is 49.7 Å². The van der Waals surface area contributed by atoms with Crippen LogP contribution >= 0.6 is 23.2 Å². The van der Waals surface area contributed by atoms with Crippen LogP contribution in [0.5, 0.6) is 0 Å². The van der Waals surface area contributed by atoms with Gasteiger partial charge in [-0.1, -0.05) is 35.3 Å². The maximum atomic E-state index is 12.0. The molecule has 3 N–H and O–H groups in total. The van der Waals surface area contributed by atoms with Crippen molar-refractivity contribution in [2.24, 2.45) is 5.10 Å². The summed E-state index contributed by atoms with van der Waals surface area (Å²) in [4.78, 5) is 35.7. The van der Waals surface area contributed by atoms with Crippen LogP contribution < -0.4 is 16.1 Å². The summed E-state index contributed by atoms with van der Waals surface area (Å²) in [6.07, 6.45) is -0.0675. The van der Waals surface area contributed by atoms with E-state index in [0.29, 0.717) is 27.1 Å². The topological polar surface area (TPSA) is 99.7 Å². The van der Waals surface area contributed by atoms with Crippen LogP contribution in [0.4, 0.5) is 11.4 Å². The van der Waals surface area contributed by atoms with Crippen LogP contribution in [0.1, 0.15) is 18.9 Å². The first-order valence-corrected chi connectivity index (χ1v) is 8.96. The van der Waals surface area contributed by atoms with E-state index in [0.717, 1.165) is 5.56 Å². The molecule has 9 heteroatoms. The fourth-order valence-electron chi connectivity index (χ4n) is 2.10. The van der Waals surface area contributed by atoms with Crippen molar-refractivity contribution in [3.8, 4) is 0 Å². The van der Waals surface area contributed by atoms with Gasteiger partial charge in [0.05, 0.1) is 6.42 Å². The fourth-order valence-corrected chi connectivity index (χ4v) is 2.47. The number of nitrogens with zero attached hydrogens (tertiary/aromatic N) is 1. The smallest absolute Gasteiger partial charge is 0.326 e. The van der Waals surface area contributed by atoms with Crippen LogP contribution in [0.15, 0.2) is 47.6 Å². The average molecular weight is 421 g/mol. The summed E-state index contributed by atoms with van der Waals surface area (Å²) >= 11 is 11.8. The molecule has 7 nitrogen and oxygen atoms in total. The highest BCUT2D eigenvalue weighted by Crippen LogP contribution is 2.19. The van der Waals surface area contributed by atoms with Gasteiger partial charge in [0.2, 0.25) is 5.91 Å². The van der Waals surface area contributed by atoms with E-state index in [1.807, 2.05) is 6.92 Å². The highest BCUT2D eigenvalue weighted by molar-refractivity contribution is 6.40. The molecular formula is C19H18Cl2N4O3. The van der Waals surface area contributed by atoms with Crippen LogP contribution in [-0.4, -0.2) is 23.4 Å². The monoisotopic (exact) mass is 420 g/mol. The number of hydrogen-bond donors (Lipinski definition) is 3. The molecule has 3 amide bonds.